The predicted octanol–water partition coefficient (Wildman–Crippen LogP) is 2.77. The van der Waals surface area contributed by atoms with Crippen molar-refractivity contribution in [2.24, 2.45) is 5.92 Å². The molecule has 2 aromatic rings. The van der Waals surface area contributed by atoms with Crippen LogP contribution >= 0.6 is 0 Å². The summed E-state index contributed by atoms with van der Waals surface area (Å²) < 4.78 is 13.1. The number of piperazine rings is 1. The summed E-state index contributed by atoms with van der Waals surface area (Å²) >= 11 is 0. The molecule has 1 aromatic carbocycles. The van der Waals surface area contributed by atoms with E-state index in [2.05, 4.69) is 25.0 Å². The molecule has 0 spiro atoms. The average molecular weight is 426 g/mol. The summed E-state index contributed by atoms with van der Waals surface area (Å²) in [6.45, 7) is 7.38. The van der Waals surface area contributed by atoms with Gasteiger partial charge in [0.2, 0.25) is 5.91 Å². The summed E-state index contributed by atoms with van der Waals surface area (Å²) in [6, 6.07) is 10.8. The molecule has 31 heavy (non-hydrogen) atoms. The van der Waals surface area contributed by atoms with E-state index in [9.17, 15) is 9.18 Å². The van der Waals surface area contributed by atoms with Gasteiger partial charge in [0.15, 0.2) is 0 Å². The molecule has 2 fully saturated rings. The molecule has 1 atom stereocenters. The van der Waals surface area contributed by atoms with Crippen LogP contribution in [0.4, 0.5) is 15.8 Å². The summed E-state index contributed by atoms with van der Waals surface area (Å²) in [4.78, 5) is 23.8. The highest BCUT2D eigenvalue weighted by molar-refractivity contribution is 5.79. The predicted molar refractivity (Wildman–Crippen MR) is 122 cm³/mol. The lowest BCUT2D eigenvalue weighted by molar-refractivity contribution is -0.125. The SMILES string of the molecule is O=C(NCCCN1CCN(c2ccc(F)cc2)CC1)[C@H]1CCCN(c2ccncc2)C1. The molecule has 166 valence electrons. The number of piperidine rings is 1. The van der Waals surface area contributed by atoms with Crippen LogP contribution < -0.4 is 15.1 Å². The molecule has 4 rings (SSSR count). The van der Waals surface area contributed by atoms with Crippen molar-refractivity contribution in [1.29, 1.82) is 0 Å². The number of nitrogens with one attached hydrogen (secondary N) is 1. The Morgan fingerprint density at radius 2 is 1.68 bits per heavy atom. The first-order valence-electron chi connectivity index (χ1n) is 11.3. The van der Waals surface area contributed by atoms with E-state index in [1.54, 1.807) is 12.4 Å². The lowest BCUT2D eigenvalue weighted by Crippen LogP contribution is -2.47. The third kappa shape index (κ3) is 5.94. The first kappa shape index (κ1) is 21.6. The van der Waals surface area contributed by atoms with E-state index < -0.39 is 0 Å². The number of carbonyl (C=O) groups is 1. The van der Waals surface area contributed by atoms with Gasteiger partial charge in [-0.2, -0.15) is 0 Å². The summed E-state index contributed by atoms with van der Waals surface area (Å²) in [5.41, 5.74) is 2.23. The van der Waals surface area contributed by atoms with Crippen LogP contribution in [0.15, 0.2) is 48.8 Å². The molecule has 0 bridgehead atoms. The van der Waals surface area contributed by atoms with E-state index in [0.29, 0.717) is 0 Å². The summed E-state index contributed by atoms with van der Waals surface area (Å²) in [6.07, 6.45) is 6.57. The van der Waals surface area contributed by atoms with E-state index in [4.69, 9.17) is 0 Å². The number of amides is 1. The maximum atomic E-state index is 13.1. The molecule has 1 N–H and O–H groups in total. The second-order valence-corrected chi connectivity index (χ2v) is 8.44. The first-order valence-corrected chi connectivity index (χ1v) is 11.3. The Hall–Kier alpha value is -2.67. The van der Waals surface area contributed by atoms with Crippen molar-refractivity contribution in [3.63, 3.8) is 0 Å². The number of nitrogens with zero attached hydrogens (tertiary/aromatic N) is 4. The number of benzene rings is 1. The van der Waals surface area contributed by atoms with Crippen LogP contribution in [0.1, 0.15) is 19.3 Å². The number of aromatic nitrogens is 1. The van der Waals surface area contributed by atoms with Crippen LogP contribution in [0.25, 0.3) is 0 Å². The molecule has 0 radical (unpaired) electrons. The van der Waals surface area contributed by atoms with Gasteiger partial charge in [-0.15, -0.1) is 0 Å². The van der Waals surface area contributed by atoms with Crippen molar-refractivity contribution in [1.82, 2.24) is 15.2 Å². The third-order valence-corrected chi connectivity index (χ3v) is 6.33. The Kier molecular flexibility index (Phi) is 7.35. The third-order valence-electron chi connectivity index (χ3n) is 6.33. The molecule has 3 heterocycles. The van der Waals surface area contributed by atoms with Crippen LogP contribution in [0.2, 0.25) is 0 Å². The number of anilines is 2. The monoisotopic (exact) mass is 425 g/mol. The molecular formula is C24H32FN5O. The van der Waals surface area contributed by atoms with E-state index in [1.165, 1.54) is 12.1 Å². The molecule has 1 amide bonds. The topological polar surface area (TPSA) is 51.7 Å². The lowest BCUT2D eigenvalue weighted by atomic mass is 9.96. The van der Waals surface area contributed by atoms with Crippen LogP contribution in [0, 0.1) is 11.7 Å². The highest BCUT2D eigenvalue weighted by atomic mass is 19.1. The van der Waals surface area contributed by atoms with E-state index >= 15 is 0 Å². The minimum atomic E-state index is -0.192. The van der Waals surface area contributed by atoms with Crippen LogP contribution in [0.5, 0.6) is 0 Å². The molecular weight excluding hydrogens is 393 g/mol. The van der Waals surface area contributed by atoms with Crippen molar-refractivity contribution in [3.8, 4) is 0 Å². The van der Waals surface area contributed by atoms with Gasteiger partial charge in [0.25, 0.3) is 0 Å². The smallest absolute Gasteiger partial charge is 0.224 e. The minimum Gasteiger partial charge on any atom is -0.371 e. The van der Waals surface area contributed by atoms with Crippen LogP contribution in [-0.2, 0) is 4.79 Å². The molecule has 7 heteroatoms. The van der Waals surface area contributed by atoms with Gasteiger partial charge in [-0.05, 0) is 62.2 Å². The van der Waals surface area contributed by atoms with Gasteiger partial charge in [0.05, 0.1) is 5.92 Å². The summed E-state index contributed by atoms with van der Waals surface area (Å²) in [5, 5.41) is 3.15. The second-order valence-electron chi connectivity index (χ2n) is 8.44. The zero-order chi connectivity index (χ0) is 21.5. The normalized spacial score (nSPS) is 20.0. The number of carbonyl (C=O) groups excluding carboxylic acids is 1. The number of halogens is 1. The minimum absolute atomic E-state index is 0.0566. The maximum Gasteiger partial charge on any atom is 0.224 e. The van der Waals surface area contributed by atoms with Crippen molar-refractivity contribution >= 4 is 17.3 Å². The molecule has 2 saturated heterocycles. The Morgan fingerprint density at radius 3 is 2.42 bits per heavy atom. The van der Waals surface area contributed by atoms with Crippen molar-refractivity contribution < 1.29 is 9.18 Å². The molecule has 0 aliphatic carbocycles. The first-order chi connectivity index (χ1) is 15.2. The van der Waals surface area contributed by atoms with Crippen molar-refractivity contribution in [2.45, 2.75) is 19.3 Å². The van der Waals surface area contributed by atoms with Gasteiger partial charge in [0, 0.05) is 69.6 Å². The second kappa shape index (κ2) is 10.6. The fourth-order valence-electron chi connectivity index (χ4n) is 4.52. The number of rotatable bonds is 7. The van der Waals surface area contributed by atoms with E-state index in [1.807, 2.05) is 24.3 Å². The fourth-order valence-corrected chi connectivity index (χ4v) is 4.52. The zero-order valence-electron chi connectivity index (χ0n) is 18.0. The molecule has 1 aromatic heterocycles. The number of hydrogen-bond donors (Lipinski definition) is 1. The molecule has 2 aliphatic rings. The van der Waals surface area contributed by atoms with Crippen molar-refractivity contribution in [3.05, 3.63) is 54.6 Å². The molecule has 6 nitrogen and oxygen atoms in total. The van der Waals surface area contributed by atoms with Gasteiger partial charge in [0.1, 0.15) is 5.82 Å². The quantitative estimate of drug-likeness (QED) is 0.692. The summed E-state index contributed by atoms with van der Waals surface area (Å²) in [5.74, 6) is 0.0452. The zero-order valence-corrected chi connectivity index (χ0v) is 18.0. The summed E-state index contributed by atoms with van der Waals surface area (Å²) in [7, 11) is 0. The van der Waals surface area contributed by atoms with Crippen LogP contribution in [-0.4, -0.2) is 68.1 Å². The highest BCUT2D eigenvalue weighted by Crippen LogP contribution is 2.22. The van der Waals surface area contributed by atoms with Gasteiger partial charge in [-0.3, -0.25) is 14.7 Å². The maximum absolute atomic E-state index is 13.1. The molecule has 2 aliphatic heterocycles. The Labute approximate surface area is 184 Å². The lowest BCUT2D eigenvalue weighted by Gasteiger charge is -2.36. The van der Waals surface area contributed by atoms with Gasteiger partial charge < -0.3 is 15.1 Å². The standard InChI is InChI=1S/C24H32FN5O/c25-21-4-6-22(7-5-21)29-17-15-28(16-18-29)13-2-10-27-24(31)20-3-1-14-30(19-20)23-8-11-26-12-9-23/h4-9,11-12,20H,1-3,10,13-19H2,(H,27,31)/t20-/m0/s1. The Bertz CT molecular complexity index is 824. The van der Waals surface area contributed by atoms with E-state index in [-0.39, 0.29) is 17.6 Å². The van der Waals surface area contributed by atoms with Gasteiger partial charge in [-0.1, -0.05) is 0 Å². The van der Waals surface area contributed by atoms with Crippen molar-refractivity contribution in [2.75, 3.05) is 62.2 Å². The Balaban J connectivity index is 1.13. The van der Waals surface area contributed by atoms with Gasteiger partial charge in [-0.25, -0.2) is 4.39 Å². The van der Waals surface area contributed by atoms with Gasteiger partial charge >= 0.3 is 0 Å². The highest BCUT2D eigenvalue weighted by Gasteiger charge is 2.25. The number of hydrogen-bond acceptors (Lipinski definition) is 5. The van der Waals surface area contributed by atoms with Crippen LogP contribution in [0.3, 0.4) is 0 Å². The Morgan fingerprint density at radius 1 is 0.968 bits per heavy atom. The number of pyridine rings is 1. The average Bonchev–Trinajstić information content (AvgIpc) is 2.83. The largest absolute Gasteiger partial charge is 0.371 e. The van der Waals surface area contributed by atoms with E-state index in [0.717, 1.165) is 83.0 Å². The molecule has 0 unspecified atom stereocenters. The fraction of sp³-hybridized carbons (Fsp3) is 0.500. The molecule has 0 saturated carbocycles.